The molecule has 1 N–H and O–H groups in total. The number of nitrogens with zero attached hydrogens (tertiary/aromatic N) is 1. The van der Waals surface area contributed by atoms with E-state index in [9.17, 15) is 26.4 Å². The van der Waals surface area contributed by atoms with Gasteiger partial charge in [-0.2, -0.15) is 13.2 Å². The Morgan fingerprint density at radius 3 is 2.30 bits per heavy atom. The third-order valence-electron chi connectivity index (χ3n) is 3.81. The molecule has 0 radical (unpaired) electrons. The number of sulfone groups is 1. The topological polar surface area (TPSA) is 66.5 Å². The molecule has 1 heterocycles. The molecule has 1 aromatic rings. The van der Waals surface area contributed by atoms with Crippen molar-refractivity contribution in [1.29, 1.82) is 0 Å². The van der Waals surface area contributed by atoms with Crippen molar-refractivity contribution in [3.8, 4) is 0 Å². The van der Waals surface area contributed by atoms with Crippen molar-refractivity contribution in [3.05, 3.63) is 29.8 Å². The summed E-state index contributed by atoms with van der Waals surface area (Å²) in [6, 6.07) is 4.07. The van der Waals surface area contributed by atoms with Gasteiger partial charge in [0.05, 0.1) is 16.5 Å². The number of likely N-dealkylation sites (tertiary alicyclic amines) is 1. The Balaban J connectivity index is 2.05. The average molecular weight is 350 g/mol. The van der Waals surface area contributed by atoms with Gasteiger partial charge in [0, 0.05) is 19.3 Å². The lowest BCUT2D eigenvalue weighted by atomic mass is 10.1. The largest absolute Gasteiger partial charge is 0.418 e. The van der Waals surface area contributed by atoms with Gasteiger partial charge < -0.3 is 10.2 Å². The zero-order valence-electron chi connectivity index (χ0n) is 12.4. The molecule has 0 bridgehead atoms. The number of benzene rings is 1. The van der Waals surface area contributed by atoms with Crippen molar-refractivity contribution in [3.63, 3.8) is 0 Å². The monoisotopic (exact) mass is 350 g/mol. The Morgan fingerprint density at radius 2 is 1.78 bits per heavy atom. The predicted octanol–water partition coefficient (Wildman–Crippen LogP) is 2.75. The molecule has 9 heteroatoms. The summed E-state index contributed by atoms with van der Waals surface area (Å²) < 4.78 is 61.6. The fourth-order valence-corrected chi connectivity index (χ4v) is 3.59. The van der Waals surface area contributed by atoms with Crippen molar-refractivity contribution in [2.24, 2.45) is 0 Å². The van der Waals surface area contributed by atoms with E-state index in [1.165, 1.54) is 23.1 Å². The molecule has 0 aromatic heterocycles. The second-order valence-corrected chi connectivity index (χ2v) is 7.82. The quantitative estimate of drug-likeness (QED) is 0.892. The van der Waals surface area contributed by atoms with Crippen LogP contribution < -0.4 is 5.32 Å². The molecule has 23 heavy (non-hydrogen) atoms. The van der Waals surface area contributed by atoms with Crippen LogP contribution in [0.2, 0.25) is 0 Å². The van der Waals surface area contributed by atoms with Gasteiger partial charge in [-0.15, -0.1) is 0 Å². The summed E-state index contributed by atoms with van der Waals surface area (Å²) in [6.45, 7) is 0.384. The molecule has 0 aliphatic carbocycles. The Morgan fingerprint density at radius 1 is 1.22 bits per heavy atom. The molecule has 5 nitrogen and oxygen atoms in total. The van der Waals surface area contributed by atoms with Crippen LogP contribution in [0, 0.1) is 0 Å². The number of carbonyl (C=O) groups is 1. The maximum absolute atomic E-state index is 12.9. The standard InChI is InChI=1S/C14H17F3N2O3S/c1-23(21,22)10-6-8-19(9-7-10)13(20)18-12-5-3-2-4-11(12)14(15,16)17/h2-5,10H,6-9H2,1H3,(H,18,20). The third-order valence-corrected chi connectivity index (χ3v) is 5.49. The summed E-state index contributed by atoms with van der Waals surface area (Å²) in [7, 11) is -3.17. The van der Waals surface area contributed by atoms with Gasteiger partial charge in [0.15, 0.2) is 0 Å². The number of para-hydroxylation sites is 1. The van der Waals surface area contributed by atoms with Crippen LogP contribution in [0.5, 0.6) is 0 Å². The maximum Gasteiger partial charge on any atom is 0.418 e. The average Bonchev–Trinajstić information content (AvgIpc) is 2.46. The first kappa shape index (κ1) is 17.6. The third kappa shape index (κ3) is 4.37. The minimum Gasteiger partial charge on any atom is -0.324 e. The van der Waals surface area contributed by atoms with Crippen LogP contribution >= 0.6 is 0 Å². The van der Waals surface area contributed by atoms with Gasteiger partial charge in [-0.3, -0.25) is 0 Å². The fourth-order valence-electron chi connectivity index (χ4n) is 2.52. The molecule has 128 valence electrons. The second kappa shape index (κ2) is 6.38. The molecule has 1 saturated heterocycles. The first-order valence-corrected chi connectivity index (χ1v) is 8.95. The zero-order valence-corrected chi connectivity index (χ0v) is 13.2. The van der Waals surface area contributed by atoms with Gasteiger partial charge in [-0.05, 0) is 25.0 Å². The molecule has 2 rings (SSSR count). The lowest BCUT2D eigenvalue weighted by Gasteiger charge is -2.31. The first-order valence-electron chi connectivity index (χ1n) is 7.00. The van der Waals surface area contributed by atoms with Crippen LogP contribution in [0.1, 0.15) is 18.4 Å². The Kier molecular flexibility index (Phi) is 4.88. The van der Waals surface area contributed by atoms with Crippen molar-refractivity contribution in [1.82, 2.24) is 4.90 Å². The van der Waals surface area contributed by atoms with E-state index in [1.54, 1.807) is 0 Å². The number of urea groups is 1. The molecule has 1 aromatic carbocycles. The number of piperidine rings is 1. The van der Waals surface area contributed by atoms with E-state index < -0.39 is 32.9 Å². The second-order valence-electron chi connectivity index (χ2n) is 5.49. The summed E-state index contributed by atoms with van der Waals surface area (Å²) in [5, 5.41) is 1.75. The number of alkyl halides is 3. The molecule has 0 atom stereocenters. The summed E-state index contributed by atoms with van der Waals surface area (Å²) in [5.74, 6) is 0. The SMILES string of the molecule is CS(=O)(=O)C1CCN(C(=O)Nc2ccccc2C(F)(F)F)CC1. The minimum atomic E-state index is -4.56. The number of rotatable bonds is 2. The molecule has 0 unspecified atom stereocenters. The normalized spacial score (nSPS) is 17.1. The van der Waals surface area contributed by atoms with Crippen molar-refractivity contribution in [2.75, 3.05) is 24.7 Å². The summed E-state index contributed by atoms with van der Waals surface area (Å²) in [4.78, 5) is 13.4. The van der Waals surface area contributed by atoms with Gasteiger partial charge >= 0.3 is 12.2 Å². The van der Waals surface area contributed by atoms with E-state index in [-0.39, 0.29) is 31.6 Å². The molecule has 1 aliphatic heterocycles. The van der Waals surface area contributed by atoms with E-state index in [2.05, 4.69) is 5.32 Å². The number of halogens is 3. The minimum absolute atomic E-state index is 0.192. The van der Waals surface area contributed by atoms with Crippen LogP contribution in [-0.4, -0.2) is 43.9 Å². The lowest BCUT2D eigenvalue weighted by molar-refractivity contribution is -0.136. The maximum atomic E-state index is 12.9. The smallest absolute Gasteiger partial charge is 0.324 e. The number of nitrogens with one attached hydrogen (secondary N) is 1. The molecular formula is C14H17F3N2O3S. The molecule has 1 fully saturated rings. The number of anilines is 1. The van der Waals surface area contributed by atoms with E-state index in [0.29, 0.717) is 0 Å². The highest BCUT2D eigenvalue weighted by molar-refractivity contribution is 7.91. The van der Waals surface area contributed by atoms with Crippen LogP contribution in [0.25, 0.3) is 0 Å². The van der Waals surface area contributed by atoms with Crippen LogP contribution in [0.4, 0.5) is 23.7 Å². The summed E-state index contributed by atoms with van der Waals surface area (Å²) in [5.41, 5.74) is -1.23. The van der Waals surface area contributed by atoms with Crippen LogP contribution in [0.15, 0.2) is 24.3 Å². The van der Waals surface area contributed by atoms with Gasteiger partial charge in [0.25, 0.3) is 0 Å². The van der Waals surface area contributed by atoms with Crippen molar-refractivity contribution < 1.29 is 26.4 Å². The number of amides is 2. The van der Waals surface area contributed by atoms with Gasteiger partial charge in [-0.1, -0.05) is 12.1 Å². The number of carbonyl (C=O) groups excluding carboxylic acids is 1. The lowest BCUT2D eigenvalue weighted by Crippen LogP contribution is -2.44. The fraction of sp³-hybridized carbons (Fsp3) is 0.500. The Hall–Kier alpha value is -1.77. The highest BCUT2D eigenvalue weighted by Gasteiger charge is 2.34. The van der Waals surface area contributed by atoms with E-state index in [4.69, 9.17) is 0 Å². The Bertz CT molecular complexity index is 681. The molecule has 1 aliphatic rings. The molecular weight excluding hydrogens is 333 g/mol. The number of hydrogen-bond donors (Lipinski definition) is 1. The summed E-state index contributed by atoms with van der Waals surface area (Å²) >= 11 is 0. The van der Waals surface area contributed by atoms with E-state index in [0.717, 1.165) is 12.3 Å². The predicted molar refractivity (Wildman–Crippen MR) is 79.9 cm³/mol. The summed E-state index contributed by atoms with van der Waals surface area (Å²) in [6.07, 6.45) is -2.85. The van der Waals surface area contributed by atoms with Crippen molar-refractivity contribution in [2.45, 2.75) is 24.3 Å². The molecule has 0 spiro atoms. The van der Waals surface area contributed by atoms with Crippen molar-refractivity contribution >= 4 is 21.6 Å². The van der Waals surface area contributed by atoms with E-state index in [1.807, 2.05) is 0 Å². The van der Waals surface area contributed by atoms with Crippen LogP contribution in [-0.2, 0) is 16.0 Å². The first-order chi connectivity index (χ1) is 10.6. The highest BCUT2D eigenvalue weighted by atomic mass is 32.2. The van der Waals surface area contributed by atoms with E-state index >= 15 is 0 Å². The Labute approximate surface area is 132 Å². The molecule has 0 saturated carbocycles. The van der Waals surface area contributed by atoms with Crippen LogP contribution in [0.3, 0.4) is 0 Å². The zero-order chi connectivity index (χ0) is 17.3. The van der Waals surface area contributed by atoms with Gasteiger partial charge in [-0.25, -0.2) is 13.2 Å². The molecule has 2 amide bonds. The highest BCUT2D eigenvalue weighted by Crippen LogP contribution is 2.34. The van der Waals surface area contributed by atoms with Gasteiger partial charge in [0.1, 0.15) is 9.84 Å². The number of hydrogen-bond acceptors (Lipinski definition) is 3. The van der Waals surface area contributed by atoms with Gasteiger partial charge in [0.2, 0.25) is 0 Å².